The molecule has 3 nitrogen and oxygen atoms in total. The highest BCUT2D eigenvalue weighted by Gasteiger charge is 2.17. The zero-order chi connectivity index (χ0) is 17.2. The molecular formula is C19H25NO2S. The minimum atomic E-state index is -3.57. The van der Waals surface area contributed by atoms with Crippen LogP contribution in [0.15, 0.2) is 41.3 Å². The van der Waals surface area contributed by atoms with Crippen molar-refractivity contribution in [1.82, 2.24) is 0 Å². The van der Waals surface area contributed by atoms with Gasteiger partial charge in [-0.1, -0.05) is 43.7 Å². The van der Waals surface area contributed by atoms with E-state index in [0.717, 1.165) is 28.7 Å². The van der Waals surface area contributed by atoms with Crippen LogP contribution in [0.4, 0.5) is 5.69 Å². The van der Waals surface area contributed by atoms with Crippen LogP contribution in [-0.4, -0.2) is 8.42 Å². The van der Waals surface area contributed by atoms with Gasteiger partial charge < -0.3 is 0 Å². The maximum Gasteiger partial charge on any atom is 0.261 e. The smallest absolute Gasteiger partial charge is 0.261 e. The lowest BCUT2D eigenvalue weighted by Gasteiger charge is -2.15. The van der Waals surface area contributed by atoms with Gasteiger partial charge in [-0.15, -0.1) is 0 Å². The van der Waals surface area contributed by atoms with E-state index in [4.69, 9.17) is 0 Å². The molecule has 23 heavy (non-hydrogen) atoms. The van der Waals surface area contributed by atoms with E-state index in [0.29, 0.717) is 16.5 Å². The van der Waals surface area contributed by atoms with E-state index in [1.807, 2.05) is 45.0 Å². The van der Waals surface area contributed by atoms with Crippen LogP contribution in [-0.2, 0) is 10.0 Å². The van der Waals surface area contributed by atoms with Gasteiger partial charge in [-0.2, -0.15) is 0 Å². The molecule has 0 amide bonds. The van der Waals surface area contributed by atoms with Crippen molar-refractivity contribution in [2.24, 2.45) is 0 Å². The summed E-state index contributed by atoms with van der Waals surface area (Å²) in [6.07, 6.45) is 1.03. The number of hydrogen-bond donors (Lipinski definition) is 1. The lowest BCUT2D eigenvalue weighted by atomic mass is 9.99. The van der Waals surface area contributed by atoms with Crippen molar-refractivity contribution in [1.29, 1.82) is 0 Å². The Bertz CT molecular complexity index is 770. The largest absolute Gasteiger partial charge is 0.279 e. The predicted octanol–water partition coefficient (Wildman–Crippen LogP) is 4.93. The topological polar surface area (TPSA) is 46.2 Å². The number of rotatable bonds is 5. The van der Waals surface area contributed by atoms with Gasteiger partial charge in [0, 0.05) is 0 Å². The fourth-order valence-electron chi connectivity index (χ4n) is 2.75. The normalized spacial score (nSPS) is 12.9. The van der Waals surface area contributed by atoms with E-state index in [9.17, 15) is 8.42 Å². The molecule has 2 aromatic rings. The monoisotopic (exact) mass is 331 g/mol. The first-order chi connectivity index (χ1) is 10.7. The summed E-state index contributed by atoms with van der Waals surface area (Å²) < 4.78 is 28.0. The number of nitrogens with one attached hydrogen (secondary N) is 1. The molecule has 0 aliphatic heterocycles. The molecule has 0 aliphatic carbocycles. The van der Waals surface area contributed by atoms with E-state index in [1.165, 1.54) is 0 Å². The predicted molar refractivity (Wildman–Crippen MR) is 96.6 cm³/mol. The van der Waals surface area contributed by atoms with Gasteiger partial charge in [-0.05, 0) is 61.9 Å². The van der Waals surface area contributed by atoms with Crippen LogP contribution >= 0.6 is 0 Å². The zero-order valence-electron chi connectivity index (χ0n) is 14.5. The Kier molecular flexibility index (Phi) is 5.15. The van der Waals surface area contributed by atoms with Crippen LogP contribution < -0.4 is 4.72 Å². The van der Waals surface area contributed by atoms with Gasteiger partial charge in [-0.3, -0.25) is 4.72 Å². The third-order valence-electron chi connectivity index (χ3n) is 4.29. The summed E-state index contributed by atoms with van der Waals surface area (Å²) in [5, 5.41) is 0. The van der Waals surface area contributed by atoms with Crippen molar-refractivity contribution in [3.05, 3.63) is 58.7 Å². The van der Waals surface area contributed by atoms with Gasteiger partial charge >= 0.3 is 0 Å². The molecule has 124 valence electrons. The average molecular weight is 331 g/mol. The average Bonchev–Trinajstić information content (AvgIpc) is 2.50. The summed E-state index contributed by atoms with van der Waals surface area (Å²) in [6, 6.07) is 11.1. The van der Waals surface area contributed by atoms with Gasteiger partial charge in [0.2, 0.25) is 0 Å². The highest BCUT2D eigenvalue weighted by Crippen LogP contribution is 2.26. The first-order valence-electron chi connectivity index (χ1n) is 7.95. The molecule has 1 unspecified atom stereocenters. The quantitative estimate of drug-likeness (QED) is 0.844. The van der Waals surface area contributed by atoms with Crippen molar-refractivity contribution < 1.29 is 8.42 Å². The van der Waals surface area contributed by atoms with Gasteiger partial charge in [0.05, 0.1) is 10.6 Å². The molecule has 0 fully saturated rings. The molecule has 0 heterocycles. The second-order valence-corrected chi connectivity index (χ2v) is 7.94. The van der Waals surface area contributed by atoms with Crippen molar-refractivity contribution >= 4 is 15.7 Å². The Morgan fingerprint density at radius 2 is 1.52 bits per heavy atom. The standard InChI is InChI=1S/C19H25NO2S/c1-6-14(3)17-7-9-18(10-8-17)23(21,22)20-19-15(4)11-13(2)12-16(19)5/h7-12,14,20H,6H2,1-5H3. The second-order valence-electron chi connectivity index (χ2n) is 6.26. The number of anilines is 1. The molecule has 0 saturated carbocycles. The molecule has 0 aliphatic rings. The van der Waals surface area contributed by atoms with E-state index >= 15 is 0 Å². The lowest BCUT2D eigenvalue weighted by Crippen LogP contribution is -2.15. The summed E-state index contributed by atoms with van der Waals surface area (Å²) in [5.74, 6) is 0.432. The summed E-state index contributed by atoms with van der Waals surface area (Å²) in [6.45, 7) is 10.1. The summed E-state index contributed by atoms with van der Waals surface area (Å²) in [7, 11) is -3.57. The molecule has 0 bridgehead atoms. The molecule has 2 aromatic carbocycles. The van der Waals surface area contributed by atoms with Crippen LogP contribution in [0, 0.1) is 20.8 Å². The Hall–Kier alpha value is -1.81. The number of benzene rings is 2. The van der Waals surface area contributed by atoms with Crippen LogP contribution in [0.25, 0.3) is 0 Å². The number of aryl methyl sites for hydroxylation is 3. The highest BCUT2D eigenvalue weighted by molar-refractivity contribution is 7.92. The van der Waals surface area contributed by atoms with Crippen LogP contribution in [0.5, 0.6) is 0 Å². The molecule has 0 radical (unpaired) electrons. The molecule has 0 aromatic heterocycles. The van der Waals surface area contributed by atoms with Crippen molar-refractivity contribution in [2.75, 3.05) is 4.72 Å². The first kappa shape index (κ1) is 17.5. The maximum absolute atomic E-state index is 12.6. The van der Waals surface area contributed by atoms with Crippen molar-refractivity contribution in [2.45, 2.75) is 51.9 Å². The molecule has 2 rings (SSSR count). The Labute approximate surface area is 139 Å². The molecule has 0 saturated heterocycles. The van der Waals surface area contributed by atoms with E-state index in [-0.39, 0.29) is 0 Å². The fourth-order valence-corrected chi connectivity index (χ4v) is 3.95. The molecular weight excluding hydrogens is 306 g/mol. The zero-order valence-corrected chi connectivity index (χ0v) is 15.3. The van der Waals surface area contributed by atoms with E-state index in [2.05, 4.69) is 18.6 Å². The number of hydrogen-bond acceptors (Lipinski definition) is 2. The van der Waals surface area contributed by atoms with Crippen LogP contribution in [0.1, 0.15) is 48.4 Å². The minimum Gasteiger partial charge on any atom is -0.279 e. The van der Waals surface area contributed by atoms with Gasteiger partial charge in [0.25, 0.3) is 10.0 Å². The van der Waals surface area contributed by atoms with Crippen molar-refractivity contribution in [3.63, 3.8) is 0 Å². The molecule has 1 atom stereocenters. The fraction of sp³-hybridized carbons (Fsp3) is 0.368. The summed E-state index contributed by atoms with van der Waals surface area (Å²) in [4.78, 5) is 0.295. The SMILES string of the molecule is CCC(C)c1ccc(S(=O)(=O)Nc2c(C)cc(C)cc2C)cc1. The Morgan fingerprint density at radius 3 is 2.00 bits per heavy atom. The van der Waals surface area contributed by atoms with Gasteiger partial charge in [0.15, 0.2) is 0 Å². The minimum absolute atomic E-state index is 0.295. The first-order valence-corrected chi connectivity index (χ1v) is 9.43. The summed E-state index contributed by atoms with van der Waals surface area (Å²) in [5.41, 5.74) is 4.82. The second kappa shape index (κ2) is 6.75. The van der Waals surface area contributed by atoms with Crippen molar-refractivity contribution in [3.8, 4) is 0 Å². The van der Waals surface area contributed by atoms with Gasteiger partial charge in [-0.25, -0.2) is 8.42 Å². The van der Waals surface area contributed by atoms with Crippen LogP contribution in [0.3, 0.4) is 0 Å². The maximum atomic E-state index is 12.6. The third kappa shape index (κ3) is 3.94. The van der Waals surface area contributed by atoms with Gasteiger partial charge in [0.1, 0.15) is 0 Å². The molecule has 1 N–H and O–H groups in total. The Balaban J connectivity index is 2.33. The van der Waals surface area contributed by atoms with E-state index < -0.39 is 10.0 Å². The summed E-state index contributed by atoms with van der Waals surface area (Å²) >= 11 is 0. The number of sulfonamides is 1. The molecule has 0 spiro atoms. The highest BCUT2D eigenvalue weighted by atomic mass is 32.2. The third-order valence-corrected chi connectivity index (χ3v) is 5.65. The van der Waals surface area contributed by atoms with Crippen LogP contribution in [0.2, 0.25) is 0 Å². The Morgan fingerprint density at radius 1 is 1.00 bits per heavy atom. The lowest BCUT2D eigenvalue weighted by molar-refractivity contribution is 0.601. The van der Waals surface area contributed by atoms with E-state index in [1.54, 1.807) is 12.1 Å². The molecule has 4 heteroatoms.